The van der Waals surface area contributed by atoms with Crippen molar-refractivity contribution in [2.45, 2.75) is 26.2 Å². The minimum absolute atomic E-state index is 0.481. The van der Waals surface area contributed by atoms with Crippen molar-refractivity contribution in [3.8, 4) is 5.88 Å². The number of hydrogen-bond acceptors (Lipinski definition) is 3. The average Bonchev–Trinajstić information content (AvgIpc) is 2.19. The standard InChI is InChI=1S/C11H15NO3/c1-3-8(11(13)14)9-6-5-7-10(12-9)15-4-2/h5-8H,3-4H2,1-2H3,(H,13,14). The molecular formula is C11H15NO3. The molecule has 1 N–H and O–H groups in total. The van der Waals surface area contributed by atoms with E-state index in [0.717, 1.165) is 0 Å². The first-order chi connectivity index (χ1) is 7.19. The Balaban J connectivity index is 2.92. The van der Waals surface area contributed by atoms with Crippen LogP contribution in [0.15, 0.2) is 18.2 Å². The molecule has 0 saturated heterocycles. The van der Waals surface area contributed by atoms with Crippen LogP contribution in [0.25, 0.3) is 0 Å². The maximum atomic E-state index is 10.9. The number of hydrogen-bond donors (Lipinski definition) is 1. The summed E-state index contributed by atoms with van der Waals surface area (Å²) in [6, 6.07) is 5.20. The highest BCUT2D eigenvalue weighted by atomic mass is 16.5. The lowest BCUT2D eigenvalue weighted by molar-refractivity contribution is -0.138. The van der Waals surface area contributed by atoms with Gasteiger partial charge in [-0.3, -0.25) is 4.79 Å². The van der Waals surface area contributed by atoms with Crippen molar-refractivity contribution in [3.63, 3.8) is 0 Å². The third kappa shape index (κ3) is 2.94. The maximum absolute atomic E-state index is 10.9. The van der Waals surface area contributed by atoms with E-state index in [0.29, 0.717) is 24.6 Å². The summed E-state index contributed by atoms with van der Waals surface area (Å²) < 4.78 is 5.22. The van der Waals surface area contributed by atoms with E-state index in [2.05, 4.69) is 4.98 Å². The molecule has 0 aliphatic carbocycles. The van der Waals surface area contributed by atoms with Gasteiger partial charge in [-0.15, -0.1) is 0 Å². The van der Waals surface area contributed by atoms with Crippen molar-refractivity contribution in [2.75, 3.05) is 6.61 Å². The van der Waals surface area contributed by atoms with E-state index >= 15 is 0 Å². The highest BCUT2D eigenvalue weighted by Gasteiger charge is 2.19. The average molecular weight is 209 g/mol. The van der Waals surface area contributed by atoms with Crippen molar-refractivity contribution < 1.29 is 14.6 Å². The van der Waals surface area contributed by atoms with Crippen LogP contribution in [0, 0.1) is 0 Å². The number of aliphatic carboxylic acids is 1. The normalized spacial score (nSPS) is 12.1. The largest absolute Gasteiger partial charge is 0.481 e. The third-order valence-corrected chi connectivity index (χ3v) is 2.10. The van der Waals surface area contributed by atoms with Crippen LogP contribution in [0.5, 0.6) is 5.88 Å². The Labute approximate surface area is 88.9 Å². The number of rotatable bonds is 5. The number of aromatic nitrogens is 1. The first kappa shape index (κ1) is 11.5. The molecule has 0 aliphatic heterocycles. The Hall–Kier alpha value is -1.58. The Morgan fingerprint density at radius 2 is 2.27 bits per heavy atom. The lowest BCUT2D eigenvalue weighted by Crippen LogP contribution is -2.12. The molecule has 1 aromatic heterocycles. The van der Waals surface area contributed by atoms with Gasteiger partial charge in [0.05, 0.1) is 18.2 Å². The second-order valence-corrected chi connectivity index (χ2v) is 3.13. The summed E-state index contributed by atoms with van der Waals surface area (Å²) >= 11 is 0. The van der Waals surface area contributed by atoms with Crippen molar-refractivity contribution in [1.82, 2.24) is 4.98 Å². The smallest absolute Gasteiger partial charge is 0.312 e. The highest BCUT2D eigenvalue weighted by molar-refractivity contribution is 5.75. The maximum Gasteiger partial charge on any atom is 0.312 e. The predicted octanol–water partition coefficient (Wildman–Crippen LogP) is 2.06. The lowest BCUT2D eigenvalue weighted by Gasteiger charge is -2.10. The zero-order valence-electron chi connectivity index (χ0n) is 8.93. The molecular weight excluding hydrogens is 194 g/mol. The molecule has 4 nitrogen and oxygen atoms in total. The molecule has 0 fully saturated rings. The first-order valence-corrected chi connectivity index (χ1v) is 5.01. The summed E-state index contributed by atoms with van der Waals surface area (Å²) in [6.07, 6.45) is 0.526. The molecule has 0 aromatic carbocycles. The summed E-state index contributed by atoms with van der Waals surface area (Å²) in [5.74, 6) is -0.918. The summed E-state index contributed by atoms with van der Waals surface area (Å²) in [4.78, 5) is 15.1. The van der Waals surface area contributed by atoms with Crippen molar-refractivity contribution in [2.24, 2.45) is 0 Å². The Bertz CT molecular complexity index is 338. The fourth-order valence-electron chi connectivity index (χ4n) is 1.36. The topological polar surface area (TPSA) is 59.4 Å². The lowest BCUT2D eigenvalue weighted by atomic mass is 10.0. The summed E-state index contributed by atoms with van der Waals surface area (Å²) in [6.45, 7) is 4.22. The van der Waals surface area contributed by atoms with E-state index in [1.165, 1.54) is 0 Å². The summed E-state index contributed by atoms with van der Waals surface area (Å²) in [5.41, 5.74) is 0.552. The van der Waals surface area contributed by atoms with Gasteiger partial charge in [-0.05, 0) is 19.4 Å². The van der Waals surface area contributed by atoms with Crippen LogP contribution in [0.3, 0.4) is 0 Å². The fourth-order valence-corrected chi connectivity index (χ4v) is 1.36. The van der Waals surface area contributed by atoms with E-state index in [1.807, 2.05) is 13.8 Å². The molecule has 0 spiro atoms. The van der Waals surface area contributed by atoms with Crippen molar-refractivity contribution >= 4 is 5.97 Å². The number of carboxylic acid groups (broad SMARTS) is 1. The molecule has 0 bridgehead atoms. The van der Waals surface area contributed by atoms with E-state index in [1.54, 1.807) is 18.2 Å². The van der Waals surface area contributed by atoms with Gasteiger partial charge in [-0.1, -0.05) is 13.0 Å². The molecule has 1 unspecified atom stereocenters. The van der Waals surface area contributed by atoms with Crippen LogP contribution in [0.2, 0.25) is 0 Å². The van der Waals surface area contributed by atoms with E-state index < -0.39 is 11.9 Å². The first-order valence-electron chi connectivity index (χ1n) is 5.01. The van der Waals surface area contributed by atoms with Crippen LogP contribution in [-0.2, 0) is 4.79 Å². The van der Waals surface area contributed by atoms with Gasteiger partial charge < -0.3 is 9.84 Å². The van der Waals surface area contributed by atoms with Gasteiger partial charge in [0, 0.05) is 6.07 Å². The summed E-state index contributed by atoms with van der Waals surface area (Å²) in [5, 5.41) is 8.97. The Kier molecular flexibility index (Phi) is 4.09. The fraction of sp³-hybridized carbons (Fsp3) is 0.455. The molecule has 1 atom stereocenters. The summed E-state index contributed by atoms with van der Waals surface area (Å²) in [7, 11) is 0. The quantitative estimate of drug-likeness (QED) is 0.806. The van der Waals surface area contributed by atoms with Crippen LogP contribution in [-0.4, -0.2) is 22.7 Å². The van der Waals surface area contributed by atoms with Crippen molar-refractivity contribution in [1.29, 1.82) is 0 Å². The molecule has 15 heavy (non-hydrogen) atoms. The number of pyridine rings is 1. The van der Waals surface area contributed by atoms with Gasteiger partial charge in [-0.2, -0.15) is 0 Å². The van der Waals surface area contributed by atoms with Crippen molar-refractivity contribution in [3.05, 3.63) is 23.9 Å². The zero-order chi connectivity index (χ0) is 11.3. The molecule has 1 aromatic rings. The molecule has 4 heteroatoms. The number of nitrogens with zero attached hydrogens (tertiary/aromatic N) is 1. The van der Waals surface area contributed by atoms with Gasteiger partial charge in [0.1, 0.15) is 0 Å². The van der Waals surface area contributed by atoms with E-state index in [9.17, 15) is 4.79 Å². The molecule has 0 amide bonds. The SMILES string of the molecule is CCOc1cccc(C(CC)C(=O)O)n1. The van der Waals surface area contributed by atoms with Gasteiger partial charge >= 0.3 is 5.97 Å². The van der Waals surface area contributed by atoms with Gasteiger partial charge in [0.25, 0.3) is 0 Å². The zero-order valence-corrected chi connectivity index (χ0v) is 8.93. The second kappa shape index (κ2) is 5.34. The Morgan fingerprint density at radius 3 is 2.80 bits per heavy atom. The van der Waals surface area contributed by atoms with Crippen LogP contribution in [0.4, 0.5) is 0 Å². The molecule has 1 heterocycles. The minimum atomic E-state index is -0.848. The number of carbonyl (C=O) groups is 1. The van der Waals surface area contributed by atoms with Crippen LogP contribution < -0.4 is 4.74 Å². The van der Waals surface area contributed by atoms with E-state index in [4.69, 9.17) is 9.84 Å². The predicted molar refractivity (Wildman–Crippen MR) is 56.1 cm³/mol. The second-order valence-electron chi connectivity index (χ2n) is 3.13. The highest BCUT2D eigenvalue weighted by Crippen LogP contribution is 2.19. The van der Waals surface area contributed by atoms with Gasteiger partial charge in [-0.25, -0.2) is 4.98 Å². The van der Waals surface area contributed by atoms with Gasteiger partial charge in [0.2, 0.25) is 5.88 Å². The van der Waals surface area contributed by atoms with Crippen LogP contribution >= 0.6 is 0 Å². The van der Waals surface area contributed by atoms with Crippen LogP contribution in [0.1, 0.15) is 31.9 Å². The number of ether oxygens (including phenoxy) is 1. The third-order valence-electron chi connectivity index (χ3n) is 2.10. The molecule has 0 radical (unpaired) electrons. The minimum Gasteiger partial charge on any atom is -0.481 e. The van der Waals surface area contributed by atoms with Gasteiger partial charge in [0.15, 0.2) is 0 Å². The Morgan fingerprint density at radius 1 is 1.53 bits per heavy atom. The molecule has 1 rings (SSSR count). The molecule has 0 aliphatic rings. The van der Waals surface area contributed by atoms with E-state index in [-0.39, 0.29) is 0 Å². The molecule has 0 saturated carbocycles. The number of carboxylic acids is 1. The monoisotopic (exact) mass is 209 g/mol. The molecule has 82 valence electrons.